The summed E-state index contributed by atoms with van der Waals surface area (Å²) in [4.78, 5) is 5.54. The van der Waals surface area contributed by atoms with Crippen molar-refractivity contribution >= 4 is 45.3 Å². The van der Waals surface area contributed by atoms with E-state index in [9.17, 15) is 0 Å². The second kappa shape index (κ2) is 7.90. The summed E-state index contributed by atoms with van der Waals surface area (Å²) in [6.45, 7) is 0. The average Bonchev–Trinajstić information content (AvgIpc) is 3.41. The van der Waals surface area contributed by atoms with Crippen LogP contribution in [-0.4, -0.2) is 22.3 Å². The lowest BCUT2D eigenvalue weighted by atomic mass is 10.3. The number of oxazole rings is 1. The molecule has 0 aliphatic heterocycles. The second-order valence-corrected chi connectivity index (χ2v) is 8.26. The SMILES string of the molecule is COc1ccccc1Nc1nnc(SCc2coc(-c3cccs3)n2)s1. The molecule has 0 fully saturated rings. The summed E-state index contributed by atoms with van der Waals surface area (Å²) in [6.07, 6.45) is 1.69. The molecule has 1 N–H and O–H groups in total. The molecule has 6 nitrogen and oxygen atoms in total. The van der Waals surface area contributed by atoms with Gasteiger partial charge in [-0.25, -0.2) is 4.98 Å². The van der Waals surface area contributed by atoms with Crippen molar-refractivity contribution in [2.24, 2.45) is 0 Å². The third-order valence-corrected chi connectivity index (χ3v) is 6.25. The number of ether oxygens (including phenoxy) is 1. The van der Waals surface area contributed by atoms with Crippen molar-refractivity contribution < 1.29 is 9.15 Å². The molecule has 4 aromatic rings. The molecule has 26 heavy (non-hydrogen) atoms. The van der Waals surface area contributed by atoms with Crippen molar-refractivity contribution in [1.82, 2.24) is 15.2 Å². The van der Waals surface area contributed by atoms with E-state index in [-0.39, 0.29) is 0 Å². The molecule has 0 unspecified atom stereocenters. The first-order valence-electron chi connectivity index (χ1n) is 7.66. The Hall–Kier alpha value is -2.36. The average molecular weight is 403 g/mol. The van der Waals surface area contributed by atoms with Gasteiger partial charge in [-0.2, -0.15) is 0 Å². The predicted molar refractivity (Wildman–Crippen MR) is 106 cm³/mol. The molecule has 3 aromatic heterocycles. The molecule has 132 valence electrons. The van der Waals surface area contributed by atoms with Gasteiger partial charge < -0.3 is 14.5 Å². The van der Waals surface area contributed by atoms with E-state index >= 15 is 0 Å². The monoisotopic (exact) mass is 402 g/mol. The van der Waals surface area contributed by atoms with Gasteiger partial charge in [0, 0.05) is 5.75 Å². The van der Waals surface area contributed by atoms with Gasteiger partial charge in [0.25, 0.3) is 0 Å². The third-order valence-electron chi connectivity index (χ3n) is 3.38. The van der Waals surface area contributed by atoms with Crippen LogP contribution in [-0.2, 0) is 5.75 Å². The summed E-state index contributed by atoms with van der Waals surface area (Å²) in [7, 11) is 1.64. The molecule has 0 aliphatic carbocycles. The summed E-state index contributed by atoms with van der Waals surface area (Å²) < 4.78 is 11.7. The minimum atomic E-state index is 0.659. The molecule has 1 aromatic carbocycles. The first-order chi connectivity index (χ1) is 12.8. The van der Waals surface area contributed by atoms with Crippen LogP contribution in [0, 0.1) is 0 Å². The summed E-state index contributed by atoms with van der Waals surface area (Å²) in [5.41, 5.74) is 1.74. The van der Waals surface area contributed by atoms with E-state index in [2.05, 4.69) is 20.5 Å². The van der Waals surface area contributed by atoms with E-state index in [0.717, 1.165) is 31.5 Å². The van der Waals surface area contributed by atoms with Gasteiger partial charge in [0.1, 0.15) is 12.0 Å². The van der Waals surface area contributed by atoms with E-state index < -0.39 is 0 Å². The Labute approximate surface area is 162 Å². The molecule has 4 rings (SSSR count). The van der Waals surface area contributed by atoms with Crippen LogP contribution in [0.15, 0.2) is 56.8 Å². The van der Waals surface area contributed by atoms with Crippen molar-refractivity contribution in [1.29, 1.82) is 0 Å². The Morgan fingerprint density at radius 3 is 2.96 bits per heavy atom. The molecule has 0 atom stereocenters. The van der Waals surface area contributed by atoms with Crippen molar-refractivity contribution in [3.63, 3.8) is 0 Å². The molecule has 9 heteroatoms. The molecule has 0 saturated heterocycles. The van der Waals surface area contributed by atoms with Gasteiger partial charge in [-0.05, 0) is 23.6 Å². The number of benzene rings is 1. The highest BCUT2D eigenvalue weighted by atomic mass is 32.2. The van der Waals surface area contributed by atoms with Gasteiger partial charge in [-0.15, -0.1) is 21.5 Å². The van der Waals surface area contributed by atoms with E-state index in [0.29, 0.717) is 11.6 Å². The number of aromatic nitrogens is 3. The van der Waals surface area contributed by atoms with E-state index in [1.54, 1.807) is 36.5 Å². The van der Waals surface area contributed by atoms with Crippen molar-refractivity contribution in [3.8, 4) is 16.5 Å². The minimum Gasteiger partial charge on any atom is -0.495 e. The molecule has 0 aliphatic rings. The zero-order valence-electron chi connectivity index (χ0n) is 13.7. The summed E-state index contributed by atoms with van der Waals surface area (Å²) in [5.74, 6) is 2.10. The fraction of sp³-hybridized carbons (Fsp3) is 0.118. The highest BCUT2D eigenvalue weighted by Crippen LogP contribution is 2.33. The number of rotatable bonds is 7. The van der Waals surface area contributed by atoms with Crippen LogP contribution in [0.5, 0.6) is 5.75 Å². The number of anilines is 2. The Kier molecular flexibility index (Phi) is 5.19. The maximum absolute atomic E-state index is 5.53. The number of methoxy groups -OCH3 is 1. The molecular weight excluding hydrogens is 388 g/mol. The van der Waals surface area contributed by atoms with Gasteiger partial charge in [0.15, 0.2) is 4.34 Å². The first kappa shape index (κ1) is 17.1. The summed E-state index contributed by atoms with van der Waals surface area (Å²) in [5, 5.41) is 14.4. The zero-order valence-corrected chi connectivity index (χ0v) is 16.2. The van der Waals surface area contributed by atoms with Gasteiger partial charge in [-0.3, -0.25) is 0 Å². The number of nitrogens with one attached hydrogen (secondary N) is 1. The van der Waals surface area contributed by atoms with Crippen LogP contribution in [0.25, 0.3) is 10.8 Å². The Balaban J connectivity index is 1.38. The van der Waals surface area contributed by atoms with E-state index in [4.69, 9.17) is 9.15 Å². The highest BCUT2D eigenvalue weighted by molar-refractivity contribution is 8.00. The second-order valence-electron chi connectivity index (χ2n) is 5.11. The predicted octanol–water partition coefficient (Wildman–Crippen LogP) is 5.30. The lowest BCUT2D eigenvalue weighted by Crippen LogP contribution is -1.93. The van der Waals surface area contributed by atoms with Crippen LogP contribution >= 0.6 is 34.4 Å². The van der Waals surface area contributed by atoms with Crippen molar-refractivity contribution in [2.45, 2.75) is 10.1 Å². The minimum absolute atomic E-state index is 0.659. The van der Waals surface area contributed by atoms with Crippen LogP contribution in [0.4, 0.5) is 10.8 Å². The van der Waals surface area contributed by atoms with Gasteiger partial charge >= 0.3 is 0 Å². The van der Waals surface area contributed by atoms with E-state index in [1.165, 1.54) is 11.3 Å². The smallest absolute Gasteiger partial charge is 0.236 e. The summed E-state index contributed by atoms with van der Waals surface area (Å²) >= 11 is 4.68. The summed E-state index contributed by atoms with van der Waals surface area (Å²) in [6, 6.07) is 11.7. The Morgan fingerprint density at radius 1 is 1.19 bits per heavy atom. The van der Waals surface area contributed by atoms with E-state index in [1.807, 2.05) is 41.8 Å². The first-order valence-corrected chi connectivity index (χ1v) is 10.3. The number of para-hydroxylation sites is 2. The van der Waals surface area contributed by atoms with Gasteiger partial charge in [0.2, 0.25) is 11.0 Å². The van der Waals surface area contributed by atoms with Crippen molar-refractivity contribution in [2.75, 3.05) is 12.4 Å². The van der Waals surface area contributed by atoms with Crippen LogP contribution in [0.1, 0.15) is 5.69 Å². The number of nitrogens with zero attached hydrogens (tertiary/aromatic N) is 3. The number of hydrogen-bond acceptors (Lipinski definition) is 9. The fourth-order valence-corrected chi connectivity index (χ4v) is 4.50. The van der Waals surface area contributed by atoms with Crippen LogP contribution in [0.3, 0.4) is 0 Å². The maximum atomic E-state index is 5.53. The molecule has 0 bridgehead atoms. The van der Waals surface area contributed by atoms with Crippen LogP contribution < -0.4 is 10.1 Å². The number of thiophene rings is 1. The number of hydrogen-bond donors (Lipinski definition) is 1. The standard InChI is InChI=1S/C17H14N4O2S3/c1-22-13-6-3-2-5-12(13)19-16-20-21-17(26-16)25-10-11-9-23-15(18-11)14-7-4-8-24-14/h2-9H,10H2,1H3,(H,19,20). The van der Waals surface area contributed by atoms with Crippen LogP contribution in [0.2, 0.25) is 0 Å². The highest BCUT2D eigenvalue weighted by Gasteiger charge is 2.11. The molecule has 0 saturated carbocycles. The molecular formula is C17H14N4O2S3. The normalized spacial score (nSPS) is 10.8. The fourth-order valence-electron chi connectivity index (χ4n) is 2.20. The molecule has 0 radical (unpaired) electrons. The third kappa shape index (κ3) is 3.90. The quantitative estimate of drug-likeness (QED) is 0.421. The number of thioether (sulfide) groups is 1. The topological polar surface area (TPSA) is 73.1 Å². The Morgan fingerprint density at radius 2 is 2.12 bits per heavy atom. The molecule has 0 spiro atoms. The lowest BCUT2D eigenvalue weighted by Gasteiger charge is -2.07. The maximum Gasteiger partial charge on any atom is 0.236 e. The molecule has 0 amide bonds. The van der Waals surface area contributed by atoms with Gasteiger partial charge in [0.05, 0.1) is 23.4 Å². The Bertz CT molecular complexity index is 981. The van der Waals surface area contributed by atoms with Gasteiger partial charge in [-0.1, -0.05) is 41.3 Å². The lowest BCUT2D eigenvalue weighted by molar-refractivity contribution is 0.417. The zero-order chi connectivity index (χ0) is 17.8. The largest absolute Gasteiger partial charge is 0.495 e. The van der Waals surface area contributed by atoms with Crippen molar-refractivity contribution in [3.05, 3.63) is 53.7 Å². The molecule has 3 heterocycles.